The molecule has 1 N–H and O–H groups in total. The fourth-order valence-electron chi connectivity index (χ4n) is 1.85. The summed E-state index contributed by atoms with van der Waals surface area (Å²) >= 11 is 0. The standard InChI is InChI=1S/C14H19F3N4O/c1-9(12-18-6-11(22-12)13(2,3)4)20-10-5-19-21(7-10)8-14(15,16)17/h5-7,9,20H,8H2,1-4H3/t9-/m0/s1. The molecule has 0 fully saturated rings. The summed E-state index contributed by atoms with van der Waals surface area (Å²) in [5, 5.41) is 6.70. The van der Waals surface area contributed by atoms with Crippen LogP contribution in [0.25, 0.3) is 0 Å². The molecule has 2 aromatic heterocycles. The molecule has 2 aromatic rings. The molecule has 0 saturated carbocycles. The van der Waals surface area contributed by atoms with Crippen LogP contribution in [0.1, 0.15) is 45.4 Å². The van der Waals surface area contributed by atoms with E-state index in [9.17, 15) is 13.2 Å². The molecule has 122 valence electrons. The first kappa shape index (κ1) is 16.4. The van der Waals surface area contributed by atoms with Crippen LogP contribution >= 0.6 is 0 Å². The van der Waals surface area contributed by atoms with Crippen molar-refractivity contribution in [1.82, 2.24) is 14.8 Å². The maximum absolute atomic E-state index is 12.3. The Morgan fingerprint density at radius 2 is 1.95 bits per heavy atom. The number of anilines is 1. The van der Waals surface area contributed by atoms with Gasteiger partial charge in [0, 0.05) is 11.6 Å². The first-order valence-electron chi connectivity index (χ1n) is 6.86. The molecule has 2 heterocycles. The molecule has 0 unspecified atom stereocenters. The molecular formula is C14H19F3N4O. The molecule has 2 rings (SSSR count). The lowest BCUT2D eigenvalue weighted by Crippen LogP contribution is -2.17. The Balaban J connectivity index is 2.03. The lowest BCUT2D eigenvalue weighted by atomic mass is 9.94. The zero-order valence-corrected chi connectivity index (χ0v) is 12.9. The van der Waals surface area contributed by atoms with Crippen molar-refractivity contribution in [3.8, 4) is 0 Å². The Kier molecular flexibility index (Phi) is 4.21. The van der Waals surface area contributed by atoms with E-state index >= 15 is 0 Å². The largest absolute Gasteiger partial charge is 0.443 e. The van der Waals surface area contributed by atoms with E-state index in [1.807, 2.05) is 27.7 Å². The molecule has 5 nitrogen and oxygen atoms in total. The van der Waals surface area contributed by atoms with Crippen molar-refractivity contribution >= 4 is 5.69 Å². The highest BCUT2D eigenvalue weighted by atomic mass is 19.4. The molecule has 0 aliphatic carbocycles. The van der Waals surface area contributed by atoms with E-state index in [0.29, 0.717) is 11.6 Å². The van der Waals surface area contributed by atoms with Crippen LogP contribution in [-0.4, -0.2) is 20.9 Å². The molecular weight excluding hydrogens is 297 g/mol. The molecule has 0 spiro atoms. The van der Waals surface area contributed by atoms with Gasteiger partial charge in [-0.05, 0) is 6.92 Å². The topological polar surface area (TPSA) is 55.9 Å². The van der Waals surface area contributed by atoms with Gasteiger partial charge in [-0.25, -0.2) is 4.98 Å². The number of rotatable bonds is 4. The maximum Gasteiger partial charge on any atom is 0.408 e. The fraction of sp³-hybridized carbons (Fsp3) is 0.571. The molecule has 8 heteroatoms. The molecule has 22 heavy (non-hydrogen) atoms. The zero-order valence-electron chi connectivity index (χ0n) is 12.9. The lowest BCUT2D eigenvalue weighted by molar-refractivity contribution is -0.142. The Morgan fingerprint density at radius 1 is 1.27 bits per heavy atom. The summed E-state index contributed by atoms with van der Waals surface area (Å²) in [7, 11) is 0. The van der Waals surface area contributed by atoms with Crippen LogP contribution in [0, 0.1) is 0 Å². The van der Waals surface area contributed by atoms with E-state index in [2.05, 4.69) is 15.4 Å². The van der Waals surface area contributed by atoms with Crippen LogP contribution in [0.4, 0.5) is 18.9 Å². The number of aromatic nitrogens is 3. The van der Waals surface area contributed by atoms with Crippen LogP contribution < -0.4 is 5.32 Å². The highest BCUT2D eigenvalue weighted by molar-refractivity contribution is 5.39. The quantitative estimate of drug-likeness (QED) is 0.929. The number of alkyl halides is 3. The molecule has 0 aliphatic rings. The number of nitrogens with zero attached hydrogens (tertiary/aromatic N) is 3. The van der Waals surface area contributed by atoms with Crippen molar-refractivity contribution in [2.45, 2.75) is 51.9 Å². The molecule has 0 saturated heterocycles. The van der Waals surface area contributed by atoms with Gasteiger partial charge in [0.2, 0.25) is 5.89 Å². The maximum atomic E-state index is 12.3. The van der Waals surface area contributed by atoms with Gasteiger partial charge in [-0.15, -0.1) is 0 Å². The van der Waals surface area contributed by atoms with Gasteiger partial charge < -0.3 is 9.73 Å². The summed E-state index contributed by atoms with van der Waals surface area (Å²) in [5.41, 5.74) is 0.329. The van der Waals surface area contributed by atoms with Crippen molar-refractivity contribution < 1.29 is 17.6 Å². The molecule has 0 amide bonds. The second-order valence-corrected chi connectivity index (χ2v) is 6.22. The third-order valence-corrected chi connectivity index (χ3v) is 2.99. The van der Waals surface area contributed by atoms with E-state index < -0.39 is 12.7 Å². The van der Waals surface area contributed by atoms with Gasteiger partial charge in [0.15, 0.2) is 0 Å². The molecule has 0 aromatic carbocycles. The van der Waals surface area contributed by atoms with Crippen LogP contribution in [0.2, 0.25) is 0 Å². The second-order valence-electron chi connectivity index (χ2n) is 6.22. The number of halogens is 3. The van der Waals surface area contributed by atoms with E-state index in [4.69, 9.17) is 4.42 Å². The van der Waals surface area contributed by atoms with Gasteiger partial charge in [0.25, 0.3) is 0 Å². The fourth-order valence-corrected chi connectivity index (χ4v) is 1.85. The molecule has 0 radical (unpaired) electrons. The number of oxazole rings is 1. The Morgan fingerprint density at radius 3 is 2.50 bits per heavy atom. The minimum atomic E-state index is -4.29. The van der Waals surface area contributed by atoms with Gasteiger partial charge in [-0.1, -0.05) is 20.8 Å². The average Bonchev–Trinajstić information content (AvgIpc) is 2.95. The van der Waals surface area contributed by atoms with Crippen molar-refractivity contribution in [3.05, 3.63) is 30.2 Å². The third-order valence-electron chi connectivity index (χ3n) is 2.99. The Hall–Kier alpha value is -1.99. The monoisotopic (exact) mass is 316 g/mol. The number of nitrogens with one attached hydrogen (secondary N) is 1. The van der Waals surface area contributed by atoms with Crippen LogP contribution in [-0.2, 0) is 12.0 Å². The SMILES string of the molecule is C[C@H](Nc1cnn(CC(F)(F)F)c1)c1ncc(C(C)(C)C)o1. The summed E-state index contributed by atoms with van der Waals surface area (Å²) in [6, 6.07) is -0.278. The van der Waals surface area contributed by atoms with Gasteiger partial charge in [0.05, 0.1) is 18.1 Å². The van der Waals surface area contributed by atoms with Crippen LogP contribution in [0.3, 0.4) is 0 Å². The lowest BCUT2D eigenvalue weighted by Gasteiger charge is -2.14. The summed E-state index contributed by atoms with van der Waals surface area (Å²) in [6.07, 6.45) is 0.0210. The Bertz CT molecular complexity index is 625. The van der Waals surface area contributed by atoms with Gasteiger partial charge in [-0.2, -0.15) is 18.3 Å². The van der Waals surface area contributed by atoms with E-state index in [-0.39, 0.29) is 11.5 Å². The summed E-state index contributed by atoms with van der Waals surface area (Å²) in [6.45, 7) is 6.74. The molecule has 0 bridgehead atoms. The summed E-state index contributed by atoms with van der Waals surface area (Å²) < 4.78 is 43.4. The van der Waals surface area contributed by atoms with E-state index in [1.165, 1.54) is 12.4 Å². The number of hydrogen-bond acceptors (Lipinski definition) is 4. The first-order valence-corrected chi connectivity index (χ1v) is 6.86. The predicted molar refractivity (Wildman–Crippen MR) is 75.5 cm³/mol. The second kappa shape index (κ2) is 5.66. The van der Waals surface area contributed by atoms with Crippen LogP contribution in [0.5, 0.6) is 0 Å². The normalized spacial score (nSPS) is 14.1. The minimum absolute atomic E-state index is 0.150. The highest BCUT2D eigenvalue weighted by Gasteiger charge is 2.28. The van der Waals surface area contributed by atoms with Crippen molar-refractivity contribution in [3.63, 3.8) is 0 Å². The predicted octanol–water partition coefficient (Wildman–Crippen LogP) is 3.90. The van der Waals surface area contributed by atoms with Crippen molar-refractivity contribution in [1.29, 1.82) is 0 Å². The highest BCUT2D eigenvalue weighted by Crippen LogP contribution is 2.26. The van der Waals surface area contributed by atoms with Crippen molar-refractivity contribution in [2.75, 3.05) is 5.32 Å². The van der Waals surface area contributed by atoms with E-state index in [1.54, 1.807) is 6.20 Å². The van der Waals surface area contributed by atoms with Crippen molar-refractivity contribution in [2.24, 2.45) is 0 Å². The van der Waals surface area contributed by atoms with Gasteiger partial charge in [-0.3, -0.25) is 4.68 Å². The Labute approximate surface area is 126 Å². The number of hydrogen-bond donors (Lipinski definition) is 1. The summed E-state index contributed by atoms with van der Waals surface area (Å²) in [4.78, 5) is 4.21. The zero-order chi connectivity index (χ0) is 16.5. The molecule has 0 aliphatic heterocycles. The molecule has 1 atom stereocenters. The smallest absolute Gasteiger partial charge is 0.408 e. The van der Waals surface area contributed by atoms with Gasteiger partial charge >= 0.3 is 6.18 Å². The minimum Gasteiger partial charge on any atom is -0.443 e. The summed E-state index contributed by atoms with van der Waals surface area (Å²) in [5.74, 6) is 1.23. The third kappa shape index (κ3) is 4.25. The first-order chi connectivity index (χ1) is 10.0. The van der Waals surface area contributed by atoms with E-state index in [0.717, 1.165) is 10.4 Å². The average molecular weight is 316 g/mol. The van der Waals surface area contributed by atoms with Crippen LogP contribution in [0.15, 0.2) is 23.0 Å². The van der Waals surface area contributed by atoms with Gasteiger partial charge in [0.1, 0.15) is 18.3 Å².